The standard InChI is InChI=1S/C32H42O4/c1-21-23(13-14-27(33)22-11-8-7-9-12-22)19-28-31(2,3)15-10-16-32(28,4)29(21)30(34)24-17-25(35-5)20-26(18-24)36-6/h7-9,11-12,17-18,20-21,23,28-29H,10,13-16,19H2,1-6H3/t21-,23+,28?,29-,32+/m1/s1. The molecule has 0 spiro atoms. The van der Waals surface area contributed by atoms with Gasteiger partial charge in [-0.1, -0.05) is 64.4 Å². The third-order valence-corrected chi connectivity index (χ3v) is 9.55. The summed E-state index contributed by atoms with van der Waals surface area (Å²) < 4.78 is 11.0. The normalized spacial score (nSPS) is 29.2. The van der Waals surface area contributed by atoms with E-state index >= 15 is 0 Å². The lowest BCUT2D eigenvalue weighted by Crippen LogP contribution is -2.56. The van der Waals surface area contributed by atoms with Gasteiger partial charge in [-0.15, -0.1) is 0 Å². The summed E-state index contributed by atoms with van der Waals surface area (Å²) >= 11 is 0. The van der Waals surface area contributed by atoms with Gasteiger partial charge in [-0.05, 0) is 66.4 Å². The van der Waals surface area contributed by atoms with Gasteiger partial charge in [0.2, 0.25) is 0 Å². The third-order valence-electron chi connectivity index (χ3n) is 9.55. The summed E-state index contributed by atoms with van der Waals surface area (Å²) in [5.41, 5.74) is 1.53. The molecule has 0 heterocycles. The number of carbonyl (C=O) groups is 2. The topological polar surface area (TPSA) is 52.6 Å². The highest BCUT2D eigenvalue weighted by atomic mass is 16.5. The van der Waals surface area contributed by atoms with Gasteiger partial charge < -0.3 is 9.47 Å². The van der Waals surface area contributed by atoms with Crippen molar-refractivity contribution in [2.45, 2.75) is 66.2 Å². The summed E-state index contributed by atoms with van der Waals surface area (Å²) in [6.07, 6.45) is 5.83. The highest BCUT2D eigenvalue weighted by Crippen LogP contribution is 2.63. The first kappa shape index (κ1) is 26.4. The monoisotopic (exact) mass is 490 g/mol. The van der Waals surface area contributed by atoms with E-state index in [9.17, 15) is 9.59 Å². The lowest BCUT2D eigenvalue weighted by Gasteiger charge is -2.60. The molecule has 0 amide bonds. The van der Waals surface area contributed by atoms with Gasteiger partial charge in [0.1, 0.15) is 11.5 Å². The Morgan fingerprint density at radius 2 is 1.56 bits per heavy atom. The molecular weight excluding hydrogens is 448 g/mol. The second-order valence-electron chi connectivity index (χ2n) is 12.0. The molecule has 2 aliphatic rings. The molecule has 4 heteroatoms. The van der Waals surface area contributed by atoms with E-state index in [1.807, 2.05) is 48.5 Å². The van der Waals surface area contributed by atoms with Crippen molar-refractivity contribution in [3.05, 3.63) is 59.7 Å². The number of Topliss-reactive ketones (excluding diaryl/α,β-unsaturated/α-hetero) is 2. The molecule has 2 aromatic carbocycles. The summed E-state index contributed by atoms with van der Waals surface area (Å²) in [5.74, 6) is 2.50. The van der Waals surface area contributed by atoms with Crippen LogP contribution in [-0.2, 0) is 0 Å². The Morgan fingerprint density at radius 1 is 0.917 bits per heavy atom. The zero-order chi connectivity index (χ0) is 26.1. The van der Waals surface area contributed by atoms with Gasteiger partial charge in [0, 0.05) is 29.5 Å². The first-order valence-corrected chi connectivity index (χ1v) is 13.5. The number of ether oxygens (including phenoxy) is 2. The van der Waals surface area contributed by atoms with E-state index in [0.717, 1.165) is 31.2 Å². The molecule has 1 unspecified atom stereocenters. The molecule has 2 fully saturated rings. The molecule has 4 rings (SSSR count). The van der Waals surface area contributed by atoms with Gasteiger partial charge in [-0.2, -0.15) is 0 Å². The Labute approximate surface area is 216 Å². The lowest BCUT2D eigenvalue weighted by molar-refractivity contribution is -0.103. The zero-order valence-corrected chi connectivity index (χ0v) is 22.8. The Balaban J connectivity index is 1.67. The van der Waals surface area contributed by atoms with Crippen LogP contribution in [0.2, 0.25) is 0 Å². The molecule has 0 saturated heterocycles. The number of rotatable bonds is 8. The Morgan fingerprint density at radius 3 is 2.17 bits per heavy atom. The van der Waals surface area contributed by atoms with Crippen molar-refractivity contribution in [3.63, 3.8) is 0 Å². The Hall–Kier alpha value is -2.62. The van der Waals surface area contributed by atoms with Gasteiger partial charge in [-0.3, -0.25) is 9.59 Å². The number of carbonyl (C=O) groups excluding carboxylic acids is 2. The molecule has 2 saturated carbocycles. The first-order valence-electron chi connectivity index (χ1n) is 13.5. The van der Waals surface area contributed by atoms with E-state index < -0.39 is 0 Å². The summed E-state index contributed by atoms with van der Waals surface area (Å²) in [6, 6.07) is 15.1. The van der Waals surface area contributed by atoms with Crippen LogP contribution >= 0.6 is 0 Å². The lowest BCUT2D eigenvalue weighted by atomic mass is 9.43. The molecule has 0 aliphatic heterocycles. The van der Waals surface area contributed by atoms with E-state index in [2.05, 4.69) is 27.7 Å². The quantitative estimate of drug-likeness (QED) is 0.357. The average molecular weight is 491 g/mol. The fraction of sp³-hybridized carbons (Fsp3) is 0.562. The second kappa shape index (κ2) is 10.4. The number of ketones is 2. The van der Waals surface area contributed by atoms with Crippen molar-refractivity contribution < 1.29 is 19.1 Å². The Kier molecular flexibility index (Phi) is 7.64. The molecular formula is C32H42O4. The van der Waals surface area contributed by atoms with Crippen molar-refractivity contribution in [1.29, 1.82) is 0 Å². The van der Waals surface area contributed by atoms with Gasteiger partial charge >= 0.3 is 0 Å². The van der Waals surface area contributed by atoms with Crippen LogP contribution in [0, 0.1) is 34.5 Å². The van der Waals surface area contributed by atoms with E-state index in [4.69, 9.17) is 9.47 Å². The fourth-order valence-corrected chi connectivity index (χ4v) is 7.65. The first-order chi connectivity index (χ1) is 17.1. The number of hydrogen-bond acceptors (Lipinski definition) is 4. The predicted molar refractivity (Wildman–Crippen MR) is 144 cm³/mol. The zero-order valence-electron chi connectivity index (χ0n) is 22.8. The minimum absolute atomic E-state index is 0.0749. The second-order valence-corrected chi connectivity index (χ2v) is 12.0. The molecule has 0 bridgehead atoms. The van der Waals surface area contributed by atoms with Gasteiger partial charge in [0.05, 0.1) is 14.2 Å². The van der Waals surface area contributed by atoms with E-state index in [-0.39, 0.29) is 34.2 Å². The molecule has 0 aromatic heterocycles. The summed E-state index contributed by atoms with van der Waals surface area (Å²) in [4.78, 5) is 27.3. The van der Waals surface area contributed by atoms with Crippen LogP contribution in [0.4, 0.5) is 0 Å². The molecule has 0 N–H and O–H groups in total. The molecule has 36 heavy (non-hydrogen) atoms. The largest absolute Gasteiger partial charge is 0.497 e. The molecule has 2 aliphatic carbocycles. The van der Waals surface area contributed by atoms with Crippen LogP contribution in [0.25, 0.3) is 0 Å². The van der Waals surface area contributed by atoms with Crippen molar-refractivity contribution in [1.82, 2.24) is 0 Å². The summed E-state index contributed by atoms with van der Waals surface area (Å²) in [7, 11) is 3.24. The summed E-state index contributed by atoms with van der Waals surface area (Å²) in [6.45, 7) is 9.38. The van der Waals surface area contributed by atoms with Crippen molar-refractivity contribution in [2.24, 2.45) is 34.5 Å². The highest BCUT2D eigenvalue weighted by molar-refractivity contribution is 5.99. The minimum Gasteiger partial charge on any atom is -0.497 e. The highest BCUT2D eigenvalue weighted by Gasteiger charge is 2.58. The maximum atomic E-state index is 14.3. The predicted octanol–water partition coefficient (Wildman–Crippen LogP) is 7.65. The van der Waals surface area contributed by atoms with Crippen LogP contribution in [-0.4, -0.2) is 25.8 Å². The number of hydrogen-bond donors (Lipinski definition) is 0. The van der Waals surface area contributed by atoms with Crippen molar-refractivity contribution >= 4 is 11.6 Å². The number of benzene rings is 2. The molecule has 0 radical (unpaired) electrons. The molecule has 194 valence electrons. The third kappa shape index (κ3) is 4.96. The summed E-state index contributed by atoms with van der Waals surface area (Å²) in [5, 5.41) is 0. The van der Waals surface area contributed by atoms with E-state index in [1.54, 1.807) is 14.2 Å². The molecule has 2 aromatic rings. The number of methoxy groups -OCH3 is 2. The SMILES string of the molecule is COc1cc(OC)cc(C(=O)[C@H]2[C@H](C)[C@@H](CCC(=O)c3ccccc3)CC3C(C)(C)CCC[C@@]32C)c1. The number of fused-ring (bicyclic) bond motifs is 1. The van der Waals surface area contributed by atoms with Crippen LogP contribution in [0.1, 0.15) is 86.9 Å². The van der Waals surface area contributed by atoms with Crippen LogP contribution in [0.5, 0.6) is 11.5 Å². The van der Waals surface area contributed by atoms with Crippen LogP contribution in [0.15, 0.2) is 48.5 Å². The van der Waals surface area contributed by atoms with E-state index in [1.165, 1.54) is 6.42 Å². The van der Waals surface area contributed by atoms with E-state index in [0.29, 0.717) is 35.3 Å². The van der Waals surface area contributed by atoms with Gasteiger partial charge in [0.15, 0.2) is 11.6 Å². The average Bonchev–Trinajstić information content (AvgIpc) is 2.87. The van der Waals surface area contributed by atoms with Crippen LogP contribution < -0.4 is 9.47 Å². The fourth-order valence-electron chi connectivity index (χ4n) is 7.65. The maximum Gasteiger partial charge on any atom is 0.167 e. The van der Waals surface area contributed by atoms with Gasteiger partial charge in [0.25, 0.3) is 0 Å². The molecule has 4 nitrogen and oxygen atoms in total. The van der Waals surface area contributed by atoms with Crippen molar-refractivity contribution in [3.8, 4) is 11.5 Å². The van der Waals surface area contributed by atoms with Gasteiger partial charge in [-0.25, -0.2) is 0 Å². The Bertz CT molecular complexity index is 1070. The smallest absolute Gasteiger partial charge is 0.167 e. The molecule has 5 atom stereocenters. The van der Waals surface area contributed by atoms with Crippen molar-refractivity contribution in [2.75, 3.05) is 14.2 Å². The van der Waals surface area contributed by atoms with Crippen LogP contribution in [0.3, 0.4) is 0 Å². The minimum atomic E-state index is -0.107. The maximum absolute atomic E-state index is 14.3.